The SMILES string of the molecule is C=CCN(C(=O)C1CC1)c1cnc(Cl)n2cnnc12. The van der Waals surface area contributed by atoms with Crippen LogP contribution in [0, 0.1) is 5.92 Å². The van der Waals surface area contributed by atoms with Gasteiger partial charge in [0.2, 0.25) is 11.2 Å². The van der Waals surface area contributed by atoms with E-state index in [0.717, 1.165) is 12.8 Å². The summed E-state index contributed by atoms with van der Waals surface area (Å²) in [7, 11) is 0. The van der Waals surface area contributed by atoms with Crippen molar-refractivity contribution in [3.8, 4) is 0 Å². The van der Waals surface area contributed by atoms with Gasteiger partial charge >= 0.3 is 0 Å². The molecule has 2 aromatic heterocycles. The largest absolute Gasteiger partial charge is 0.304 e. The van der Waals surface area contributed by atoms with E-state index in [9.17, 15) is 4.79 Å². The Kier molecular flexibility index (Phi) is 2.94. The zero-order valence-corrected chi connectivity index (χ0v) is 10.9. The van der Waals surface area contributed by atoms with Crippen LogP contribution in [0.25, 0.3) is 5.65 Å². The van der Waals surface area contributed by atoms with E-state index in [2.05, 4.69) is 21.8 Å². The number of nitrogens with zero attached hydrogens (tertiary/aromatic N) is 5. The second-order valence-electron chi connectivity index (χ2n) is 4.45. The van der Waals surface area contributed by atoms with E-state index in [1.165, 1.54) is 6.33 Å². The number of anilines is 1. The van der Waals surface area contributed by atoms with Crippen LogP contribution in [0.15, 0.2) is 25.2 Å². The first-order valence-corrected chi connectivity index (χ1v) is 6.36. The van der Waals surface area contributed by atoms with Gasteiger partial charge < -0.3 is 4.90 Å². The van der Waals surface area contributed by atoms with Crippen molar-refractivity contribution in [1.29, 1.82) is 0 Å². The summed E-state index contributed by atoms with van der Waals surface area (Å²) in [5.74, 6) is 0.188. The third-order valence-electron chi connectivity index (χ3n) is 3.06. The van der Waals surface area contributed by atoms with Gasteiger partial charge in [-0.1, -0.05) is 6.08 Å². The van der Waals surface area contributed by atoms with Gasteiger partial charge in [0.25, 0.3) is 0 Å². The molecule has 1 saturated carbocycles. The van der Waals surface area contributed by atoms with Crippen LogP contribution in [0.4, 0.5) is 5.69 Å². The smallest absolute Gasteiger partial charge is 0.230 e. The average molecular weight is 278 g/mol. The van der Waals surface area contributed by atoms with E-state index in [1.807, 2.05) is 0 Å². The molecule has 0 radical (unpaired) electrons. The highest BCUT2D eigenvalue weighted by Gasteiger charge is 2.34. The van der Waals surface area contributed by atoms with Crippen LogP contribution in [-0.4, -0.2) is 32.0 Å². The second-order valence-corrected chi connectivity index (χ2v) is 4.79. The molecule has 0 aliphatic heterocycles. The summed E-state index contributed by atoms with van der Waals surface area (Å²) < 4.78 is 1.55. The van der Waals surface area contributed by atoms with E-state index in [0.29, 0.717) is 17.9 Å². The average Bonchev–Trinajstić information content (AvgIpc) is 3.14. The topological polar surface area (TPSA) is 63.4 Å². The van der Waals surface area contributed by atoms with Gasteiger partial charge in [-0.15, -0.1) is 16.8 Å². The summed E-state index contributed by atoms with van der Waals surface area (Å²) in [6.45, 7) is 4.11. The minimum atomic E-state index is 0.0777. The fourth-order valence-corrected chi connectivity index (χ4v) is 2.13. The molecular weight excluding hydrogens is 266 g/mol. The van der Waals surface area contributed by atoms with Crippen molar-refractivity contribution in [3.05, 3.63) is 30.5 Å². The Bertz CT molecular complexity index is 649. The van der Waals surface area contributed by atoms with Crippen molar-refractivity contribution in [1.82, 2.24) is 19.6 Å². The van der Waals surface area contributed by atoms with Gasteiger partial charge in [0.15, 0.2) is 5.65 Å². The molecule has 2 aromatic rings. The maximum absolute atomic E-state index is 12.3. The predicted octanol–water partition coefficient (Wildman–Crippen LogP) is 1.71. The van der Waals surface area contributed by atoms with Crippen LogP contribution in [0.3, 0.4) is 0 Å². The number of carbonyl (C=O) groups excluding carboxylic acids is 1. The molecule has 3 rings (SSSR count). The molecular formula is C12H12ClN5O. The van der Waals surface area contributed by atoms with Gasteiger partial charge in [-0.3, -0.25) is 9.20 Å². The summed E-state index contributed by atoms with van der Waals surface area (Å²) in [6, 6.07) is 0. The number of hydrogen-bond donors (Lipinski definition) is 0. The molecule has 2 heterocycles. The van der Waals surface area contributed by atoms with E-state index < -0.39 is 0 Å². The molecule has 0 aromatic carbocycles. The van der Waals surface area contributed by atoms with Crippen molar-refractivity contribution in [2.75, 3.05) is 11.4 Å². The molecule has 19 heavy (non-hydrogen) atoms. The highest BCUT2D eigenvalue weighted by atomic mass is 35.5. The highest BCUT2D eigenvalue weighted by Crippen LogP contribution is 2.33. The first-order valence-electron chi connectivity index (χ1n) is 5.99. The molecule has 6 nitrogen and oxygen atoms in total. The monoisotopic (exact) mass is 277 g/mol. The Labute approximate surface area is 114 Å². The van der Waals surface area contributed by atoms with Crippen LogP contribution >= 0.6 is 11.6 Å². The molecule has 0 N–H and O–H groups in total. The minimum absolute atomic E-state index is 0.0777. The summed E-state index contributed by atoms with van der Waals surface area (Å²) in [5.41, 5.74) is 1.13. The molecule has 1 amide bonds. The van der Waals surface area contributed by atoms with Crippen LogP contribution in [0.1, 0.15) is 12.8 Å². The highest BCUT2D eigenvalue weighted by molar-refractivity contribution is 6.28. The molecule has 1 aliphatic carbocycles. The lowest BCUT2D eigenvalue weighted by Crippen LogP contribution is -2.33. The summed E-state index contributed by atoms with van der Waals surface area (Å²) in [4.78, 5) is 18.0. The third-order valence-corrected chi connectivity index (χ3v) is 3.34. The van der Waals surface area contributed by atoms with Gasteiger partial charge in [-0.2, -0.15) is 0 Å². The van der Waals surface area contributed by atoms with Gasteiger partial charge in [0.1, 0.15) is 12.0 Å². The van der Waals surface area contributed by atoms with Gasteiger partial charge in [-0.25, -0.2) is 4.98 Å². The number of hydrogen-bond acceptors (Lipinski definition) is 4. The van der Waals surface area contributed by atoms with E-state index >= 15 is 0 Å². The lowest BCUT2D eigenvalue weighted by molar-refractivity contribution is -0.119. The van der Waals surface area contributed by atoms with E-state index in [1.54, 1.807) is 21.6 Å². The van der Waals surface area contributed by atoms with Crippen molar-refractivity contribution < 1.29 is 4.79 Å². The van der Waals surface area contributed by atoms with Crippen LogP contribution in [-0.2, 0) is 4.79 Å². The Morgan fingerprint density at radius 3 is 3.11 bits per heavy atom. The summed E-state index contributed by atoms with van der Waals surface area (Å²) >= 11 is 5.95. The predicted molar refractivity (Wildman–Crippen MR) is 71.1 cm³/mol. The van der Waals surface area contributed by atoms with Crippen molar-refractivity contribution in [3.63, 3.8) is 0 Å². The normalized spacial score (nSPS) is 14.6. The Morgan fingerprint density at radius 2 is 2.42 bits per heavy atom. The Hall–Kier alpha value is -1.95. The van der Waals surface area contributed by atoms with Gasteiger partial charge in [0.05, 0.1) is 6.20 Å². The maximum Gasteiger partial charge on any atom is 0.230 e. The number of aromatic nitrogens is 4. The minimum Gasteiger partial charge on any atom is -0.304 e. The molecule has 0 unspecified atom stereocenters. The second kappa shape index (κ2) is 4.62. The first kappa shape index (κ1) is 12.1. The molecule has 1 fully saturated rings. The molecule has 98 valence electrons. The molecule has 0 spiro atoms. The maximum atomic E-state index is 12.3. The third kappa shape index (κ3) is 2.08. The standard InChI is InChI=1S/C12H12ClN5O/c1-2-5-17(11(19)8-3-4-8)9-6-14-12(13)18-7-15-16-10(9)18/h2,6-8H,1,3-5H2. The molecule has 1 aliphatic rings. The number of rotatable bonds is 4. The first-order chi connectivity index (χ1) is 9.22. The summed E-state index contributed by atoms with van der Waals surface area (Å²) in [6.07, 6.45) is 6.59. The fraction of sp³-hybridized carbons (Fsp3) is 0.333. The van der Waals surface area contributed by atoms with E-state index in [4.69, 9.17) is 11.6 Å². The number of halogens is 1. The quantitative estimate of drug-likeness (QED) is 0.630. The molecule has 0 atom stereocenters. The van der Waals surface area contributed by atoms with Crippen molar-refractivity contribution in [2.24, 2.45) is 5.92 Å². The Balaban J connectivity index is 2.08. The van der Waals surface area contributed by atoms with Crippen molar-refractivity contribution >= 4 is 28.8 Å². The molecule has 7 heteroatoms. The van der Waals surface area contributed by atoms with Crippen LogP contribution < -0.4 is 4.90 Å². The van der Waals surface area contributed by atoms with Crippen LogP contribution in [0.2, 0.25) is 5.28 Å². The lowest BCUT2D eigenvalue weighted by atomic mass is 10.3. The molecule has 0 bridgehead atoms. The number of amides is 1. The van der Waals surface area contributed by atoms with Gasteiger partial charge in [-0.05, 0) is 24.4 Å². The summed E-state index contributed by atoms with van der Waals surface area (Å²) in [5, 5.41) is 8.08. The zero-order chi connectivity index (χ0) is 13.4. The van der Waals surface area contributed by atoms with Crippen LogP contribution in [0.5, 0.6) is 0 Å². The fourth-order valence-electron chi connectivity index (χ4n) is 1.96. The lowest BCUT2D eigenvalue weighted by Gasteiger charge is -2.21. The van der Waals surface area contributed by atoms with Crippen molar-refractivity contribution in [2.45, 2.75) is 12.8 Å². The number of fused-ring (bicyclic) bond motifs is 1. The Morgan fingerprint density at radius 1 is 1.63 bits per heavy atom. The molecule has 0 saturated heterocycles. The van der Waals surface area contributed by atoms with Gasteiger partial charge in [0, 0.05) is 12.5 Å². The van der Waals surface area contributed by atoms with E-state index in [-0.39, 0.29) is 17.1 Å². The number of carbonyl (C=O) groups is 1. The zero-order valence-electron chi connectivity index (χ0n) is 10.2.